The van der Waals surface area contributed by atoms with Crippen molar-refractivity contribution >= 4 is 0 Å². The zero-order valence-corrected chi connectivity index (χ0v) is 18.2. The number of rotatable bonds is 5. The summed E-state index contributed by atoms with van der Waals surface area (Å²) >= 11 is 0. The second-order valence-electron chi connectivity index (χ2n) is 12.2. The van der Waals surface area contributed by atoms with Crippen LogP contribution in [0, 0.1) is 59.2 Å². The molecule has 3 nitrogen and oxygen atoms in total. The lowest BCUT2D eigenvalue weighted by Crippen LogP contribution is -2.54. The van der Waals surface area contributed by atoms with E-state index < -0.39 is 5.72 Å². The van der Waals surface area contributed by atoms with Crippen LogP contribution in [0.2, 0.25) is 0 Å². The van der Waals surface area contributed by atoms with Crippen LogP contribution in [-0.2, 0) is 4.74 Å². The molecule has 3 heteroatoms. The zero-order valence-electron chi connectivity index (χ0n) is 18.2. The summed E-state index contributed by atoms with van der Waals surface area (Å²) in [5, 5.41) is 10.1. The lowest BCUT2D eigenvalue weighted by molar-refractivity contribution is -0.149. The van der Waals surface area contributed by atoms with Gasteiger partial charge in [0.25, 0.3) is 0 Å². The van der Waals surface area contributed by atoms with Gasteiger partial charge in [-0.2, -0.15) is 10.2 Å². The normalized spacial score (nSPS) is 54.4. The Kier molecular flexibility index (Phi) is 4.27. The SMILES string of the molecule is COC(C)(N=NC(C)C1C2CC3CC(C2)CC1C3)C1C2CC3CC(C2)CC1C3. The van der Waals surface area contributed by atoms with Gasteiger partial charge in [0.15, 0.2) is 5.72 Å². The van der Waals surface area contributed by atoms with Crippen LogP contribution in [0.1, 0.15) is 78.1 Å². The fourth-order valence-corrected chi connectivity index (χ4v) is 10.1. The maximum absolute atomic E-state index is 6.16. The highest BCUT2D eigenvalue weighted by atomic mass is 16.5. The Hall–Kier alpha value is -0.440. The Morgan fingerprint density at radius 1 is 0.714 bits per heavy atom. The number of nitrogens with zero attached hydrogens (tertiary/aromatic N) is 2. The van der Waals surface area contributed by atoms with E-state index in [0.717, 1.165) is 53.3 Å². The summed E-state index contributed by atoms with van der Waals surface area (Å²) in [5.41, 5.74) is -0.400. The summed E-state index contributed by atoms with van der Waals surface area (Å²) in [5.74, 6) is 9.00. The van der Waals surface area contributed by atoms with E-state index in [0.29, 0.717) is 12.0 Å². The van der Waals surface area contributed by atoms with Crippen molar-refractivity contribution in [3.8, 4) is 0 Å². The first-order chi connectivity index (χ1) is 13.5. The molecule has 8 aliphatic carbocycles. The molecule has 0 heterocycles. The fourth-order valence-electron chi connectivity index (χ4n) is 10.1. The molecule has 8 fully saturated rings. The van der Waals surface area contributed by atoms with E-state index >= 15 is 0 Å². The number of hydrogen-bond donors (Lipinski definition) is 0. The van der Waals surface area contributed by atoms with Crippen LogP contribution in [-0.4, -0.2) is 18.9 Å². The van der Waals surface area contributed by atoms with Crippen molar-refractivity contribution in [1.29, 1.82) is 0 Å². The average molecular weight is 385 g/mol. The molecule has 0 saturated heterocycles. The van der Waals surface area contributed by atoms with Gasteiger partial charge in [0.1, 0.15) is 0 Å². The number of methoxy groups -OCH3 is 1. The summed E-state index contributed by atoms with van der Waals surface area (Å²) in [6.45, 7) is 4.62. The maximum Gasteiger partial charge on any atom is 0.178 e. The van der Waals surface area contributed by atoms with Crippen LogP contribution in [0.5, 0.6) is 0 Å². The second kappa shape index (κ2) is 6.53. The highest BCUT2D eigenvalue weighted by Gasteiger charge is 2.55. The minimum atomic E-state index is -0.400. The van der Waals surface area contributed by atoms with Gasteiger partial charge in [-0.15, -0.1) is 0 Å². The molecule has 0 aromatic carbocycles. The Bertz CT molecular complexity index is 588. The topological polar surface area (TPSA) is 34.0 Å². The molecule has 0 aliphatic heterocycles. The molecule has 2 atom stereocenters. The lowest BCUT2D eigenvalue weighted by Gasteiger charge is -2.57. The van der Waals surface area contributed by atoms with Crippen molar-refractivity contribution in [2.24, 2.45) is 69.4 Å². The van der Waals surface area contributed by atoms with Crippen molar-refractivity contribution in [3.05, 3.63) is 0 Å². The second-order valence-corrected chi connectivity index (χ2v) is 12.2. The molecule has 8 rings (SSSR count). The largest absolute Gasteiger partial charge is 0.355 e. The minimum Gasteiger partial charge on any atom is -0.355 e. The van der Waals surface area contributed by atoms with E-state index in [4.69, 9.17) is 15.0 Å². The van der Waals surface area contributed by atoms with Gasteiger partial charge in [-0.25, -0.2) is 0 Å². The minimum absolute atomic E-state index is 0.376. The number of hydrogen-bond acceptors (Lipinski definition) is 3. The molecule has 2 unspecified atom stereocenters. The Balaban J connectivity index is 1.20. The van der Waals surface area contributed by atoms with E-state index in [-0.39, 0.29) is 0 Å². The number of azo groups is 1. The molecule has 0 radical (unpaired) electrons. The summed E-state index contributed by atoms with van der Waals surface area (Å²) < 4.78 is 6.16. The molecule has 8 bridgehead atoms. The molecule has 8 saturated carbocycles. The summed E-state index contributed by atoms with van der Waals surface area (Å²) in [4.78, 5) is 0. The molecule has 0 N–H and O–H groups in total. The molecule has 0 aromatic heterocycles. The van der Waals surface area contributed by atoms with Crippen LogP contribution in [0.4, 0.5) is 0 Å². The van der Waals surface area contributed by atoms with E-state index in [1.54, 1.807) is 0 Å². The fraction of sp³-hybridized carbons (Fsp3) is 1.00. The quantitative estimate of drug-likeness (QED) is 0.510. The van der Waals surface area contributed by atoms with Gasteiger partial charge < -0.3 is 4.74 Å². The van der Waals surface area contributed by atoms with Crippen molar-refractivity contribution in [3.63, 3.8) is 0 Å². The van der Waals surface area contributed by atoms with Crippen LogP contribution >= 0.6 is 0 Å². The molecule has 28 heavy (non-hydrogen) atoms. The standard InChI is InChI=1S/C25H40N2O/c1-14(23-19-6-15-4-16(8-19)9-20(23)7-15)26-27-25(2,28-3)24-21-10-17-5-18(12-21)13-22(24)11-17/h14-24H,4-13H2,1-3H3. The van der Waals surface area contributed by atoms with Crippen LogP contribution in [0.15, 0.2) is 10.2 Å². The van der Waals surface area contributed by atoms with Gasteiger partial charge >= 0.3 is 0 Å². The lowest BCUT2D eigenvalue weighted by atomic mass is 9.50. The number of ether oxygens (including phenoxy) is 1. The first-order valence-electron chi connectivity index (χ1n) is 12.5. The maximum atomic E-state index is 6.16. The molecular formula is C25H40N2O. The average Bonchev–Trinajstić information content (AvgIpc) is 2.64. The van der Waals surface area contributed by atoms with Gasteiger partial charge in [-0.1, -0.05) is 0 Å². The highest BCUT2D eigenvalue weighted by Crippen LogP contribution is 2.60. The highest BCUT2D eigenvalue weighted by molar-refractivity contribution is 5.04. The van der Waals surface area contributed by atoms with Gasteiger partial charge in [0.05, 0.1) is 6.04 Å². The smallest absolute Gasteiger partial charge is 0.178 e. The van der Waals surface area contributed by atoms with E-state index in [9.17, 15) is 0 Å². The van der Waals surface area contributed by atoms with E-state index in [2.05, 4.69) is 13.8 Å². The Labute approximate surface area is 171 Å². The predicted octanol–water partition coefficient (Wildman–Crippen LogP) is 6.33. The van der Waals surface area contributed by atoms with Crippen LogP contribution in [0.3, 0.4) is 0 Å². The third-order valence-electron chi connectivity index (χ3n) is 10.6. The van der Waals surface area contributed by atoms with Crippen molar-refractivity contribution < 1.29 is 4.74 Å². The first kappa shape index (κ1) is 18.3. The summed E-state index contributed by atoms with van der Waals surface area (Å²) in [6.07, 6.45) is 14.7. The molecule has 0 spiro atoms. The zero-order chi connectivity index (χ0) is 19.0. The molecule has 0 amide bonds. The third kappa shape index (κ3) is 2.77. The van der Waals surface area contributed by atoms with Gasteiger partial charge in [-0.05, 0) is 131 Å². The van der Waals surface area contributed by atoms with Crippen LogP contribution < -0.4 is 0 Å². The molecular weight excluding hydrogens is 344 g/mol. The van der Waals surface area contributed by atoms with Crippen molar-refractivity contribution in [1.82, 2.24) is 0 Å². The van der Waals surface area contributed by atoms with Gasteiger partial charge in [0.2, 0.25) is 0 Å². The third-order valence-corrected chi connectivity index (χ3v) is 10.6. The van der Waals surface area contributed by atoms with Gasteiger partial charge in [-0.3, -0.25) is 0 Å². The first-order valence-corrected chi connectivity index (χ1v) is 12.5. The predicted molar refractivity (Wildman–Crippen MR) is 111 cm³/mol. The summed E-state index contributed by atoms with van der Waals surface area (Å²) in [7, 11) is 1.89. The van der Waals surface area contributed by atoms with Crippen molar-refractivity contribution in [2.75, 3.05) is 7.11 Å². The molecule has 156 valence electrons. The Morgan fingerprint density at radius 2 is 1.14 bits per heavy atom. The Morgan fingerprint density at radius 3 is 1.57 bits per heavy atom. The van der Waals surface area contributed by atoms with Gasteiger partial charge in [0, 0.05) is 13.0 Å². The molecule has 8 aliphatic rings. The van der Waals surface area contributed by atoms with E-state index in [1.165, 1.54) is 64.2 Å². The van der Waals surface area contributed by atoms with Crippen molar-refractivity contribution in [2.45, 2.75) is 89.8 Å². The van der Waals surface area contributed by atoms with E-state index in [1.807, 2.05) is 7.11 Å². The monoisotopic (exact) mass is 384 g/mol. The summed E-state index contributed by atoms with van der Waals surface area (Å²) in [6, 6.07) is 0.376. The molecule has 0 aromatic rings. The van der Waals surface area contributed by atoms with Crippen LogP contribution in [0.25, 0.3) is 0 Å².